The van der Waals surface area contributed by atoms with Crippen LogP contribution in [0.2, 0.25) is 5.02 Å². The summed E-state index contributed by atoms with van der Waals surface area (Å²) in [6.07, 6.45) is 1.01. The molecule has 1 N–H and O–H groups in total. The average molecular weight is 443 g/mol. The lowest BCUT2D eigenvalue weighted by molar-refractivity contribution is -0.140. The first-order chi connectivity index (χ1) is 14.7. The van der Waals surface area contributed by atoms with E-state index >= 15 is 0 Å². The first kappa shape index (κ1) is 24.9. The first-order valence-electron chi connectivity index (χ1n) is 11.1. The maximum absolute atomic E-state index is 13.2. The standard InChI is InChI=1S/C26H35ClN2O2/c1-18(2)16-28-26(31)20(5)29(17-22-8-13-24(27)14-9-22)25(30)15-10-21-6-11-23(12-7-21)19(3)4/h6-9,11-14,18-20H,10,15-17H2,1-5H3,(H,28,31)/t20-/m1/s1. The summed E-state index contributed by atoms with van der Waals surface area (Å²) in [7, 11) is 0. The molecule has 0 saturated heterocycles. The van der Waals surface area contributed by atoms with Gasteiger partial charge in [-0.15, -0.1) is 0 Å². The van der Waals surface area contributed by atoms with Gasteiger partial charge in [0.25, 0.3) is 0 Å². The fourth-order valence-corrected chi connectivity index (χ4v) is 3.41. The highest BCUT2D eigenvalue weighted by molar-refractivity contribution is 6.30. The largest absolute Gasteiger partial charge is 0.354 e. The molecule has 2 aromatic carbocycles. The zero-order valence-electron chi connectivity index (χ0n) is 19.3. The van der Waals surface area contributed by atoms with Crippen LogP contribution in [-0.2, 0) is 22.6 Å². The number of benzene rings is 2. The Morgan fingerprint density at radius 1 is 0.903 bits per heavy atom. The number of nitrogens with one attached hydrogen (secondary N) is 1. The number of carbonyl (C=O) groups is 2. The molecule has 2 aromatic rings. The van der Waals surface area contributed by atoms with Crippen LogP contribution in [-0.4, -0.2) is 29.3 Å². The topological polar surface area (TPSA) is 49.4 Å². The maximum Gasteiger partial charge on any atom is 0.242 e. The molecule has 168 valence electrons. The number of halogens is 1. The Labute approximate surface area is 192 Å². The molecule has 5 heteroatoms. The third-order valence-electron chi connectivity index (χ3n) is 5.39. The molecule has 0 fully saturated rings. The molecule has 0 aromatic heterocycles. The van der Waals surface area contributed by atoms with Gasteiger partial charge in [0, 0.05) is 24.5 Å². The van der Waals surface area contributed by atoms with Crippen LogP contribution in [0.25, 0.3) is 0 Å². The second-order valence-electron chi connectivity index (χ2n) is 8.86. The van der Waals surface area contributed by atoms with E-state index in [4.69, 9.17) is 11.6 Å². The van der Waals surface area contributed by atoms with Gasteiger partial charge in [0.15, 0.2) is 0 Å². The molecule has 2 rings (SSSR count). The van der Waals surface area contributed by atoms with Crippen molar-refractivity contribution >= 4 is 23.4 Å². The molecule has 0 aliphatic heterocycles. The second-order valence-corrected chi connectivity index (χ2v) is 9.30. The highest BCUT2D eigenvalue weighted by Gasteiger charge is 2.26. The molecular weight excluding hydrogens is 408 g/mol. The van der Waals surface area contributed by atoms with Crippen LogP contribution in [0.4, 0.5) is 0 Å². The molecule has 0 unspecified atom stereocenters. The van der Waals surface area contributed by atoms with Gasteiger partial charge in [0.1, 0.15) is 6.04 Å². The van der Waals surface area contributed by atoms with Gasteiger partial charge < -0.3 is 10.2 Å². The van der Waals surface area contributed by atoms with Crippen LogP contribution in [0, 0.1) is 5.92 Å². The summed E-state index contributed by atoms with van der Waals surface area (Å²) in [5.41, 5.74) is 3.36. The van der Waals surface area contributed by atoms with E-state index in [-0.39, 0.29) is 11.8 Å². The van der Waals surface area contributed by atoms with E-state index in [1.54, 1.807) is 24.0 Å². The smallest absolute Gasteiger partial charge is 0.242 e. The molecule has 2 amide bonds. The Morgan fingerprint density at radius 3 is 2.03 bits per heavy atom. The minimum Gasteiger partial charge on any atom is -0.354 e. The van der Waals surface area contributed by atoms with E-state index in [1.807, 2.05) is 26.0 Å². The predicted molar refractivity (Wildman–Crippen MR) is 128 cm³/mol. The SMILES string of the molecule is CC(C)CNC(=O)[C@@H](C)N(Cc1ccc(Cl)cc1)C(=O)CCc1ccc(C(C)C)cc1. The van der Waals surface area contributed by atoms with Crippen molar-refractivity contribution in [3.05, 3.63) is 70.2 Å². The van der Waals surface area contributed by atoms with Gasteiger partial charge in [0.05, 0.1) is 0 Å². The van der Waals surface area contributed by atoms with E-state index in [0.717, 1.165) is 11.1 Å². The van der Waals surface area contributed by atoms with E-state index in [0.29, 0.717) is 42.8 Å². The second kappa shape index (κ2) is 11.9. The summed E-state index contributed by atoms with van der Waals surface area (Å²) in [6, 6.07) is 15.3. The highest BCUT2D eigenvalue weighted by Crippen LogP contribution is 2.18. The lowest BCUT2D eigenvalue weighted by Gasteiger charge is -2.29. The van der Waals surface area contributed by atoms with Gasteiger partial charge in [-0.1, -0.05) is 75.7 Å². The molecule has 4 nitrogen and oxygen atoms in total. The minimum absolute atomic E-state index is 0.0323. The Hall–Kier alpha value is -2.33. The van der Waals surface area contributed by atoms with E-state index in [1.165, 1.54) is 5.56 Å². The molecule has 0 aliphatic rings. The molecule has 0 saturated carbocycles. The lowest BCUT2D eigenvalue weighted by Crippen LogP contribution is -2.48. The number of carbonyl (C=O) groups excluding carboxylic acids is 2. The van der Waals surface area contributed by atoms with Gasteiger partial charge in [0.2, 0.25) is 11.8 Å². The summed E-state index contributed by atoms with van der Waals surface area (Å²) in [5.74, 6) is 0.675. The average Bonchev–Trinajstić information content (AvgIpc) is 2.75. The summed E-state index contributed by atoms with van der Waals surface area (Å²) >= 11 is 6.00. The molecule has 31 heavy (non-hydrogen) atoms. The predicted octanol–water partition coefficient (Wildman–Crippen LogP) is 5.59. The number of nitrogens with zero attached hydrogens (tertiary/aromatic N) is 1. The van der Waals surface area contributed by atoms with Crippen LogP contribution >= 0.6 is 11.6 Å². The van der Waals surface area contributed by atoms with E-state index in [9.17, 15) is 9.59 Å². The van der Waals surface area contributed by atoms with Crippen molar-refractivity contribution in [1.82, 2.24) is 10.2 Å². The van der Waals surface area contributed by atoms with Crippen molar-refractivity contribution in [3.8, 4) is 0 Å². The van der Waals surface area contributed by atoms with Crippen LogP contribution in [0.5, 0.6) is 0 Å². The van der Waals surface area contributed by atoms with Crippen molar-refractivity contribution in [2.24, 2.45) is 5.92 Å². The molecule has 0 radical (unpaired) electrons. The Bertz CT molecular complexity index is 845. The number of hydrogen-bond acceptors (Lipinski definition) is 2. The van der Waals surface area contributed by atoms with Gasteiger partial charge in [-0.05, 0) is 54.0 Å². The Morgan fingerprint density at radius 2 is 1.48 bits per heavy atom. The zero-order chi connectivity index (χ0) is 23.0. The normalized spacial score (nSPS) is 12.1. The Balaban J connectivity index is 2.10. The van der Waals surface area contributed by atoms with Gasteiger partial charge in [-0.25, -0.2) is 0 Å². The summed E-state index contributed by atoms with van der Waals surface area (Å²) < 4.78 is 0. The van der Waals surface area contributed by atoms with Gasteiger partial charge in [-0.2, -0.15) is 0 Å². The fourth-order valence-electron chi connectivity index (χ4n) is 3.29. The van der Waals surface area contributed by atoms with Crippen LogP contribution in [0.15, 0.2) is 48.5 Å². The molecule has 0 aliphatic carbocycles. The van der Waals surface area contributed by atoms with Crippen molar-refractivity contribution in [3.63, 3.8) is 0 Å². The highest BCUT2D eigenvalue weighted by atomic mass is 35.5. The number of aryl methyl sites for hydroxylation is 1. The lowest BCUT2D eigenvalue weighted by atomic mass is 10.00. The number of rotatable bonds is 10. The molecule has 0 bridgehead atoms. The van der Waals surface area contributed by atoms with E-state index < -0.39 is 6.04 Å². The van der Waals surface area contributed by atoms with Crippen molar-refractivity contribution in [1.29, 1.82) is 0 Å². The maximum atomic E-state index is 13.2. The van der Waals surface area contributed by atoms with Gasteiger partial charge >= 0.3 is 0 Å². The number of hydrogen-bond donors (Lipinski definition) is 1. The minimum atomic E-state index is -0.551. The summed E-state index contributed by atoms with van der Waals surface area (Å²) in [5, 5.41) is 3.60. The van der Waals surface area contributed by atoms with Crippen molar-refractivity contribution in [2.75, 3.05) is 6.54 Å². The van der Waals surface area contributed by atoms with Crippen LogP contribution in [0.1, 0.15) is 63.6 Å². The summed E-state index contributed by atoms with van der Waals surface area (Å²) in [6.45, 7) is 11.2. The monoisotopic (exact) mass is 442 g/mol. The quantitative estimate of drug-likeness (QED) is 0.521. The Kier molecular flexibility index (Phi) is 9.57. The van der Waals surface area contributed by atoms with Crippen LogP contribution in [0.3, 0.4) is 0 Å². The van der Waals surface area contributed by atoms with Crippen molar-refractivity contribution in [2.45, 2.75) is 66.0 Å². The van der Waals surface area contributed by atoms with Crippen molar-refractivity contribution < 1.29 is 9.59 Å². The van der Waals surface area contributed by atoms with Gasteiger partial charge in [-0.3, -0.25) is 9.59 Å². The molecule has 1 atom stereocenters. The molecule has 0 heterocycles. The third-order valence-corrected chi connectivity index (χ3v) is 5.64. The molecule has 0 spiro atoms. The fraction of sp³-hybridized carbons (Fsp3) is 0.462. The van der Waals surface area contributed by atoms with Crippen LogP contribution < -0.4 is 5.32 Å². The summed E-state index contributed by atoms with van der Waals surface area (Å²) in [4.78, 5) is 27.5. The zero-order valence-corrected chi connectivity index (χ0v) is 20.1. The van der Waals surface area contributed by atoms with E-state index in [2.05, 4.69) is 43.4 Å². The first-order valence-corrected chi connectivity index (χ1v) is 11.5. The third kappa shape index (κ3) is 8.02. The number of amides is 2. The molecular formula is C26H35ClN2O2.